The van der Waals surface area contributed by atoms with Gasteiger partial charge in [0.15, 0.2) is 20.7 Å². The summed E-state index contributed by atoms with van der Waals surface area (Å²) in [5.41, 5.74) is 5.21. The van der Waals surface area contributed by atoms with Crippen LogP contribution in [0.5, 0.6) is 0 Å². The molecule has 1 saturated heterocycles. The van der Waals surface area contributed by atoms with Crippen molar-refractivity contribution >= 4 is 61.6 Å². The lowest BCUT2D eigenvalue weighted by Gasteiger charge is -2.49. The van der Waals surface area contributed by atoms with E-state index in [-0.39, 0.29) is 27.9 Å². The maximum atomic E-state index is 12.8. The molecule has 0 spiro atoms. The Morgan fingerprint density at radius 1 is 1.34 bits per heavy atom. The first-order valence-electron chi connectivity index (χ1n) is 9.85. The number of thioether (sulfide) groups is 1. The zero-order chi connectivity index (χ0) is 25.3. The van der Waals surface area contributed by atoms with Crippen LogP contribution in [0.15, 0.2) is 46.3 Å². The predicted octanol–water partition coefficient (Wildman–Crippen LogP) is -0.348. The number of nitrogens with two attached hydrogens (primary N) is 1. The lowest BCUT2D eigenvalue weighted by molar-refractivity contribution is -0.150. The molecule has 0 aliphatic carbocycles. The van der Waals surface area contributed by atoms with Crippen LogP contribution >= 0.6 is 23.1 Å². The normalized spacial score (nSPS) is 20.3. The number of carbonyl (C=O) groups excluding carboxylic acids is 2. The van der Waals surface area contributed by atoms with Gasteiger partial charge in [0.25, 0.3) is 11.8 Å². The van der Waals surface area contributed by atoms with E-state index in [1.54, 1.807) is 12.1 Å². The molecule has 2 atom stereocenters. The number of carbonyl (C=O) groups is 3. The van der Waals surface area contributed by atoms with Crippen molar-refractivity contribution in [1.29, 1.82) is 0 Å². The molecule has 2 aromatic heterocycles. The monoisotopic (exact) mass is 538 g/mol. The van der Waals surface area contributed by atoms with Crippen LogP contribution in [-0.4, -0.2) is 80.0 Å². The zero-order valence-electron chi connectivity index (χ0n) is 17.7. The van der Waals surface area contributed by atoms with Gasteiger partial charge < -0.3 is 21.4 Å². The number of amides is 2. The molecule has 0 saturated carbocycles. The van der Waals surface area contributed by atoms with Crippen LogP contribution in [0.4, 0.5) is 5.13 Å². The van der Waals surface area contributed by atoms with Crippen LogP contribution < -0.4 is 11.1 Å². The predicted molar refractivity (Wildman–Crippen MR) is 126 cm³/mol. The van der Waals surface area contributed by atoms with Gasteiger partial charge in [0.05, 0.1) is 11.5 Å². The van der Waals surface area contributed by atoms with E-state index in [1.807, 2.05) is 0 Å². The van der Waals surface area contributed by atoms with E-state index in [2.05, 4.69) is 20.4 Å². The van der Waals surface area contributed by atoms with Crippen LogP contribution in [0.2, 0.25) is 0 Å². The molecule has 2 aromatic rings. The molecule has 0 radical (unpaired) electrons. The SMILES string of the molecule is Nc1nc(/C(=N/O)C(=O)NC2C(=O)N3C(C(=O)O)=C(CS(=O)(=O)Cc4cccnc4)CS[C@H]23)cs1. The third-order valence-corrected chi connectivity index (χ3v) is 8.69. The standard InChI is InChI=1S/C19H18N6O7S3/c20-19-22-11(6-34-19)12(24-30)15(26)23-13-16(27)25-14(18(28)29)10(5-33-17(13)25)8-35(31,32)7-9-2-1-3-21-4-9/h1-4,6,13,17,30H,5,7-8H2,(H2,20,22)(H,23,26)(H,28,29)/b24-12-/t13?,17-/m1/s1. The highest BCUT2D eigenvalue weighted by atomic mass is 32.2. The summed E-state index contributed by atoms with van der Waals surface area (Å²) < 4.78 is 25.4. The topological polar surface area (TPSA) is 205 Å². The molecule has 1 fully saturated rings. The molecule has 2 aliphatic rings. The molecule has 2 aliphatic heterocycles. The Labute approximate surface area is 206 Å². The number of nitrogens with one attached hydrogen (secondary N) is 1. The summed E-state index contributed by atoms with van der Waals surface area (Å²) in [4.78, 5) is 46.1. The van der Waals surface area contributed by atoms with Gasteiger partial charge in [0.1, 0.15) is 22.8 Å². The number of carboxylic acids is 1. The van der Waals surface area contributed by atoms with Gasteiger partial charge in [-0.1, -0.05) is 11.2 Å². The van der Waals surface area contributed by atoms with Crippen LogP contribution in [0, 0.1) is 0 Å². The Hall–Kier alpha value is -3.50. The largest absolute Gasteiger partial charge is 0.477 e. The molecular formula is C19H18N6O7S3. The van der Waals surface area contributed by atoms with E-state index in [0.29, 0.717) is 5.56 Å². The van der Waals surface area contributed by atoms with E-state index < -0.39 is 56.2 Å². The fraction of sp³-hybridized carbons (Fsp3) is 0.263. The first-order valence-corrected chi connectivity index (χ1v) is 13.6. The molecule has 4 rings (SSSR count). The Morgan fingerprint density at radius 2 is 2.11 bits per heavy atom. The average molecular weight is 539 g/mol. The number of aromatic nitrogens is 2. The van der Waals surface area contributed by atoms with Gasteiger partial charge in [-0.2, -0.15) is 0 Å². The van der Waals surface area contributed by atoms with Gasteiger partial charge in [-0.15, -0.1) is 23.1 Å². The number of thiazole rings is 1. The van der Waals surface area contributed by atoms with Crippen LogP contribution in [0.25, 0.3) is 0 Å². The van der Waals surface area contributed by atoms with Crippen molar-refractivity contribution in [1.82, 2.24) is 20.2 Å². The molecule has 184 valence electrons. The minimum absolute atomic E-state index is 0.0136. The average Bonchev–Trinajstić information content (AvgIpc) is 3.23. The lowest BCUT2D eigenvalue weighted by Crippen LogP contribution is -2.71. The van der Waals surface area contributed by atoms with Gasteiger partial charge in [-0.05, 0) is 17.2 Å². The van der Waals surface area contributed by atoms with E-state index >= 15 is 0 Å². The minimum Gasteiger partial charge on any atom is -0.477 e. The van der Waals surface area contributed by atoms with Gasteiger partial charge >= 0.3 is 5.97 Å². The number of rotatable bonds is 8. The number of pyridine rings is 1. The molecule has 2 amide bonds. The zero-order valence-corrected chi connectivity index (χ0v) is 20.1. The summed E-state index contributed by atoms with van der Waals surface area (Å²) >= 11 is 2.14. The van der Waals surface area contributed by atoms with Gasteiger partial charge in [-0.3, -0.25) is 19.5 Å². The molecule has 13 nitrogen and oxygen atoms in total. The molecule has 35 heavy (non-hydrogen) atoms. The maximum absolute atomic E-state index is 12.8. The number of sulfone groups is 1. The second kappa shape index (κ2) is 9.63. The summed E-state index contributed by atoms with van der Waals surface area (Å²) in [7, 11) is -3.75. The first-order chi connectivity index (χ1) is 16.6. The number of anilines is 1. The molecule has 4 heterocycles. The maximum Gasteiger partial charge on any atom is 0.352 e. The summed E-state index contributed by atoms with van der Waals surface area (Å²) in [6, 6.07) is 2.08. The van der Waals surface area contributed by atoms with Crippen molar-refractivity contribution in [2.24, 2.45) is 5.16 Å². The number of carboxylic acid groups (broad SMARTS) is 1. The molecule has 0 bridgehead atoms. The number of β-lactam (4-membered cyclic amide) rings is 1. The van der Waals surface area contributed by atoms with E-state index in [0.717, 1.165) is 28.0 Å². The molecule has 0 aromatic carbocycles. The number of hydrogen-bond donors (Lipinski definition) is 4. The summed E-state index contributed by atoms with van der Waals surface area (Å²) in [5, 5.41) is 25.1. The number of hydrogen-bond acceptors (Lipinski definition) is 12. The van der Waals surface area contributed by atoms with Crippen molar-refractivity contribution < 1.29 is 33.1 Å². The van der Waals surface area contributed by atoms with Crippen molar-refractivity contribution in [3.63, 3.8) is 0 Å². The van der Waals surface area contributed by atoms with E-state index in [4.69, 9.17) is 5.73 Å². The summed E-state index contributed by atoms with van der Waals surface area (Å²) in [6.45, 7) is 0. The number of nitrogen functional groups attached to an aromatic ring is 1. The number of fused-ring (bicyclic) bond motifs is 1. The molecule has 16 heteroatoms. The van der Waals surface area contributed by atoms with Crippen molar-refractivity contribution in [2.45, 2.75) is 17.2 Å². The quantitative estimate of drug-likeness (QED) is 0.148. The fourth-order valence-corrected chi connectivity index (χ4v) is 7.24. The highest BCUT2D eigenvalue weighted by Gasteiger charge is 2.54. The molecule has 1 unspecified atom stereocenters. The third-order valence-electron chi connectivity index (χ3n) is 5.12. The number of nitrogens with zero attached hydrogens (tertiary/aromatic N) is 4. The first kappa shape index (κ1) is 24.6. The smallest absolute Gasteiger partial charge is 0.352 e. The summed E-state index contributed by atoms with van der Waals surface area (Å²) in [6.07, 6.45) is 2.91. The molecular weight excluding hydrogens is 520 g/mol. The van der Waals surface area contributed by atoms with Gasteiger partial charge in [-0.25, -0.2) is 18.2 Å². The van der Waals surface area contributed by atoms with Crippen molar-refractivity contribution in [2.75, 3.05) is 17.2 Å². The highest BCUT2D eigenvalue weighted by Crippen LogP contribution is 2.40. The van der Waals surface area contributed by atoms with Crippen LogP contribution in [0.3, 0.4) is 0 Å². The Bertz CT molecular complexity index is 1360. The Kier molecular flexibility index (Phi) is 6.77. The minimum atomic E-state index is -3.75. The van der Waals surface area contributed by atoms with Gasteiger partial charge in [0, 0.05) is 23.5 Å². The second-order valence-corrected chi connectivity index (χ2v) is 11.6. The van der Waals surface area contributed by atoms with Gasteiger partial charge in [0.2, 0.25) is 0 Å². The number of oxime groups is 1. The second-order valence-electron chi connectivity index (χ2n) is 7.53. The third kappa shape index (κ3) is 4.98. The van der Waals surface area contributed by atoms with Crippen molar-refractivity contribution in [3.05, 3.63) is 52.4 Å². The highest BCUT2D eigenvalue weighted by molar-refractivity contribution is 8.00. The lowest BCUT2D eigenvalue weighted by atomic mass is 10.0. The van der Waals surface area contributed by atoms with Crippen LogP contribution in [0.1, 0.15) is 11.3 Å². The summed E-state index contributed by atoms with van der Waals surface area (Å²) in [5.74, 6) is -3.93. The number of aliphatic carboxylic acids is 1. The molecule has 5 N–H and O–H groups in total. The van der Waals surface area contributed by atoms with Crippen molar-refractivity contribution in [3.8, 4) is 0 Å². The Morgan fingerprint density at radius 3 is 2.71 bits per heavy atom. The van der Waals surface area contributed by atoms with E-state index in [9.17, 15) is 33.1 Å². The fourth-order valence-electron chi connectivity index (χ4n) is 3.67. The Balaban J connectivity index is 1.51. The van der Waals surface area contributed by atoms with Crippen LogP contribution in [-0.2, 0) is 30.0 Å². The van der Waals surface area contributed by atoms with E-state index in [1.165, 1.54) is 17.8 Å².